The number of hydrogen-bond donors (Lipinski definition) is 2. The molecule has 0 aromatic rings. The molecule has 0 bridgehead atoms. The van der Waals surface area contributed by atoms with Gasteiger partial charge in [-0.3, -0.25) is 4.79 Å². The van der Waals surface area contributed by atoms with Gasteiger partial charge in [0.05, 0.1) is 5.54 Å². The largest absolute Gasteiger partial charge is 0.368 e. The Morgan fingerprint density at radius 2 is 2.19 bits per heavy atom. The summed E-state index contributed by atoms with van der Waals surface area (Å²) in [6.45, 7) is 9.38. The fourth-order valence-electron chi connectivity index (χ4n) is 2.12. The Morgan fingerprint density at radius 3 is 2.62 bits per heavy atom. The number of nitrogens with two attached hydrogens (primary N) is 2. The molecule has 0 radical (unpaired) electrons. The first kappa shape index (κ1) is 13.5. The highest BCUT2D eigenvalue weighted by atomic mass is 16.1. The summed E-state index contributed by atoms with van der Waals surface area (Å²) in [5.74, 6) is 1.12. The van der Waals surface area contributed by atoms with E-state index in [-0.39, 0.29) is 0 Å². The highest BCUT2D eigenvalue weighted by Gasteiger charge is 2.29. The molecule has 0 spiro atoms. The molecule has 0 aliphatic carbocycles. The van der Waals surface area contributed by atoms with Gasteiger partial charge in [-0.2, -0.15) is 0 Å². The van der Waals surface area contributed by atoms with E-state index in [2.05, 4.69) is 18.7 Å². The van der Waals surface area contributed by atoms with Crippen molar-refractivity contribution in [2.75, 3.05) is 19.6 Å². The number of primary amides is 1. The first-order chi connectivity index (χ1) is 7.33. The molecule has 2 unspecified atom stereocenters. The summed E-state index contributed by atoms with van der Waals surface area (Å²) >= 11 is 0. The second-order valence-corrected chi connectivity index (χ2v) is 5.63. The summed E-state index contributed by atoms with van der Waals surface area (Å²) in [4.78, 5) is 13.5. The molecular weight excluding hydrogens is 202 g/mol. The molecule has 1 heterocycles. The van der Waals surface area contributed by atoms with E-state index in [1.807, 2.05) is 0 Å². The predicted molar refractivity (Wildman–Crippen MR) is 65.8 cm³/mol. The Morgan fingerprint density at radius 1 is 1.56 bits per heavy atom. The van der Waals surface area contributed by atoms with Gasteiger partial charge in [-0.1, -0.05) is 13.8 Å². The molecule has 0 saturated carbocycles. The van der Waals surface area contributed by atoms with E-state index in [1.54, 1.807) is 6.92 Å². The summed E-state index contributed by atoms with van der Waals surface area (Å²) < 4.78 is 0. The smallest absolute Gasteiger partial charge is 0.237 e. The third kappa shape index (κ3) is 3.46. The van der Waals surface area contributed by atoms with Crippen molar-refractivity contribution >= 4 is 5.91 Å². The zero-order valence-electron chi connectivity index (χ0n) is 10.7. The predicted octanol–water partition coefficient (Wildman–Crippen LogP) is 0.557. The van der Waals surface area contributed by atoms with Crippen LogP contribution in [0.15, 0.2) is 0 Å². The van der Waals surface area contributed by atoms with Gasteiger partial charge in [0.25, 0.3) is 0 Å². The van der Waals surface area contributed by atoms with E-state index < -0.39 is 11.4 Å². The van der Waals surface area contributed by atoms with Gasteiger partial charge in [0.1, 0.15) is 0 Å². The standard InChI is InChI=1S/C12H25N3O/c1-9(2)10-4-6-15(8-10)7-5-12(3,14)11(13)16/h9-10H,4-8,14H2,1-3H3,(H2,13,16). The van der Waals surface area contributed by atoms with Gasteiger partial charge in [-0.25, -0.2) is 0 Å². The Hall–Kier alpha value is -0.610. The molecule has 1 aliphatic rings. The van der Waals surface area contributed by atoms with E-state index in [1.165, 1.54) is 6.42 Å². The van der Waals surface area contributed by atoms with E-state index in [0.29, 0.717) is 6.42 Å². The number of nitrogens with zero attached hydrogens (tertiary/aromatic N) is 1. The number of rotatable bonds is 5. The van der Waals surface area contributed by atoms with Gasteiger partial charge in [0.2, 0.25) is 5.91 Å². The van der Waals surface area contributed by atoms with Crippen molar-refractivity contribution in [2.24, 2.45) is 23.3 Å². The van der Waals surface area contributed by atoms with E-state index in [9.17, 15) is 4.79 Å². The molecule has 1 amide bonds. The fraction of sp³-hybridized carbons (Fsp3) is 0.917. The molecule has 0 aromatic carbocycles. The van der Waals surface area contributed by atoms with Crippen molar-refractivity contribution in [3.05, 3.63) is 0 Å². The maximum Gasteiger partial charge on any atom is 0.237 e. The molecule has 0 aromatic heterocycles. The van der Waals surface area contributed by atoms with Crippen LogP contribution in [-0.4, -0.2) is 36.0 Å². The monoisotopic (exact) mass is 227 g/mol. The molecule has 1 fully saturated rings. The summed E-state index contributed by atoms with van der Waals surface area (Å²) in [6.07, 6.45) is 1.91. The van der Waals surface area contributed by atoms with Crippen LogP contribution in [0.1, 0.15) is 33.6 Å². The van der Waals surface area contributed by atoms with Gasteiger partial charge >= 0.3 is 0 Å². The maximum absolute atomic E-state index is 11.1. The average molecular weight is 227 g/mol. The Balaban J connectivity index is 2.33. The summed E-state index contributed by atoms with van der Waals surface area (Å²) in [7, 11) is 0. The lowest BCUT2D eigenvalue weighted by Crippen LogP contribution is -2.51. The summed E-state index contributed by atoms with van der Waals surface area (Å²) in [5.41, 5.74) is 10.2. The van der Waals surface area contributed by atoms with Gasteiger partial charge in [0, 0.05) is 13.1 Å². The normalized spacial score (nSPS) is 25.9. The van der Waals surface area contributed by atoms with Crippen LogP contribution in [0.2, 0.25) is 0 Å². The minimum atomic E-state index is -0.865. The SMILES string of the molecule is CC(C)C1CCN(CCC(C)(N)C(N)=O)C1. The molecule has 4 nitrogen and oxygen atoms in total. The van der Waals surface area contributed by atoms with Crippen LogP contribution in [0.25, 0.3) is 0 Å². The molecule has 4 heteroatoms. The van der Waals surface area contributed by atoms with Gasteiger partial charge < -0.3 is 16.4 Å². The Labute approximate surface area is 98.3 Å². The summed E-state index contributed by atoms with van der Waals surface area (Å²) in [5, 5.41) is 0. The lowest BCUT2D eigenvalue weighted by molar-refractivity contribution is -0.122. The topological polar surface area (TPSA) is 72.3 Å². The van der Waals surface area contributed by atoms with E-state index in [4.69, 9.17) is 11.5 Å². The van der Waals surface area contributed by atoms with E-state index >= 15 is 0 Å². The van der Waals surface area contributed by atoms with Crippen LogP contribution >= 0.6 is 0 Å². The third-order valence-electron chi connectivity index (χ3n) is 3.76. The fourth-order valence-corrected chi connectivity index (χ4v) is 2.12. The quantitative estimate of drug-likeness (QED) is 0.720. The average Bonchev–Trinajstić information content (AvgIpc) is 2.63. The van der Waals surface area contributed by atoms with Crippen LogP contribution in [-0.2, 0) is 4.79 Å². The number of carbonyl (C=O) groups excluding carboxylic acids is 1. The van der Waals surface area contributed by atoms with Crippen molar-refractivity contribution < 1.29 is 4.79 Å². The van der Waals surface area contributed by atoms with Gasteiger partial charge in [-0.15, -0.1) is 0 Å². The van der Waals surface area contributed by atoms with E-state index in [0.717, 1.165) is 31.5 Å². The minimum Gasteiger partial charge on any atom is -0.368 e. The molecule has 94 valence electrons. The maximum atomic E-state index is 11.1. The minimum absolute atomic E-state index is 0.410. The highest BCUT2D eigenvalue weighted by molar-refractivity contribution is 5.83. The molecule has 2 atom stereocenters. The zero-order valence-corrected chi connectivity index (χ0v) is 10.7. The van der Waals surface area contributed by atoms with Gasteiger partial charge in [0.15, 0.2) is 0 Å². The molecular formula is C12H25N3O. The molecule has 16 heavy (non-hydrogen) atoms. The van der Waals surface area contributed by atoms with Crippen molar-refractivity contribution in [3.8, 4) is 0 Å². The lowest BCUT2D eigenvalue weighted by Gasteiger charge is -2.24. The first-order valence-electron chi connectivity index (χ1n) is 6.14. The molecule has 4 N–H and O–H groups in total. The second-order valence-electron chi connectivity index (χ2n) is 5.63. The van der Waals surface area contributed by atoms with Crippen LogP contribution in [0.4, 0.5) is 0 Å². The van der Waals surface area contributed by atoms with Crippen LogP contribution in [0.3, 0.4) is 0 Å². The van der Waals surface area contributed by atoms with Crippen LogP contribution in [0.5, 0.6) is 0 Å². The lowest BCUT2D eigenvalue weighted by atomic mass is 9.95. The number of carbonyl (C=O) groups is 1. The van der Waals surface area contributed by atoms with Gasteiger partial charge in [-0.05, 0) is 38.1 Å². The Kier molecular flexibility index (Phi) is 4.33. The molecule has 1 rings (SSSR count). The molecule has 1 aliphatic heterocycles. The highest BCUT2D eigenvalue weighted by Crippen LogP contribution is 2.24. The number of likely N-dealkylation sites (tertiary alicyclic amines) is 1. The Bertz CT molecular complexity index is 251. The van der Waals surface area contributed by atoms with Crippen molar-refractivity contribution in [1.29, 1.82) is 0 Å². The van der Waals surface area contributed by atoms with Crippen LogP contribution < -0.4 is 11.5 Å². The zero-order chi connectivity index (χ0) is 12.3. The van der Waals surface area contributed by atoms with Crippen molar-refractivity contribution in [2.45, 2.75) is 39.2 Å². The number of amides is 1. The van der Waals surface area contributed by atoms with Crippen molar-refractivity contribution in [1.82, 2.24) is 4.90 Å². The van der Waals surface area contributed by atoms with Crippen molar-refractivity contribution in [3.63, 3.8) is 0 Å². The van der Waals surface area contributed by atoms with Crippen LogP contribution in [0, 0.1) is 11.8 Å². The molecule has 1 saturated heterocycles. The number of hydrogen-bond acceptors (Lipinski definition) is 3. The first-order valence-corrected chi connectivity index (χ1v) is 6.14. The second kappa shape index (κ2) is 5.15. The summed E-state index contributed by atoms with van der Waals surface area (Å²) in [6, 6.07) is 0. The third-order valence-corrected chi connectivity index (χ3v) is 3.76.